The van der Waals surface area contributed by atoms with Gasteiger partial charge in [0.1, 0.15) is 16.8 Å². The van der Waals surface area contributed by atoms with E-state index >= 15 is 0 Å². The third-order valence-electron chi connectivity index (χ3n) is 3.76. The molecule has 0 aliphatic carbocycles. The first kappa shape index (κ1) is 53.3. The smallest absolute Gasteiger partial charge is 0.550 e. The van der Waals surface area contributed by atoms with Crippen LogP contribution < -0.4 is 46.0 Å². The van der Waals surface area contributed by atoms with Crippen molar-refractivity contribution < 1.29 is 211 Å². The summed E-state index contributed by atoms with van der Waals surface area (Å²) in [6.45, 7) is 0. The molecular weight excluding hydrogens is 969 g/mol. The molecule has 0 heterocycles. The van der Waals surface area contributed by atoms with Crippen molar-refractivity contribution >= 4 is 53.7 Å². The summed E-state index contributed by atoms with van der Waals surface area (Å²) < 4.78 is 0. The Morgan fingerprint density at radius 2 is 0.429 bits per heavy atom. The van der Waals surface area contributed by atoms with Crippen LogP contribution in [-0.4, -0.2) is 85.8 Å². The van der Waals surface area contributed by atoms with Crippen LogP contribution in [0.1, 0.15) is 38.5 Å². The fraction of sp³-hybridized carbons (Fsp3) is 0.500. The molecule has 0 aromatic heterocycles. The van der Waals surface area contributed by atoms with Gasteiger partial charge < -0.3 is 104 Å². The number of carboxylic acid groups (broad SMARTS) is 9. The summed E-state index contributed by atoms with van der Waals surface area (Å²) >= 11 is 0. The molecule has 0 unspecified atom stereocenters. The summed E-state index contributed by atoms with van der Waals surface area (Å²) in [6, 6.07) is 0. The van der Waals surface area contributed by atoms with Gasteiger partial charge in [0, 0.05) is 74.3 Å². The first-order valence-electron chi connectivity index (χ1n) is 9.34. The second-order valence-electron chi connectivity index (χ2n) is 7.25. The average Bonchev–Trinajstić information content (AvgIpc) is 2.64. The van der Waals surface area contributed by atoms with Crippen molar-refractivity contribution in [2.45, 2.75) is 55.3 Å². The standard InChI is InChI=1S/3C6H8O7.3La/c3*7-3(8)1-6(13,5(11)12)2-4(9)10;;;/h3*13H,1-2H2,(H,7,8)(H,9,10)(H,11,12);;;/q;;;3*+3/p-9. The van der Waals surface area contributed by atoms with Crippen LogP contribution in [0.3, 0.4) is 0 Å². The topological polar surface area (TPSA) is 422 Å². The predicted molar refractivity (Wildman–Crippen MR) is 87.6 cm³/mol. The first-order valence-corrected chi connectivity index (χ1v) is 9.34. The quantitative estimate of drug-likeness (QED) is 0.137. The Morgan fingerprint density at radius 1 is 0.333 bits per heavy atom. The summed E-state index contributed by atoms with van der Waals surface area (Å²) in [5.41, 5.74) is -8.92. The van der Waals surface area contributed by atoms with Gasteiger partial charge in [0.05, 0.1) is 17.9 Å². The third kappa shape index (κ3) is 25.2. The maximum atomic E-state index is 10.1. The molecule has 0 aliphatic rings. The van der Waals surface area contributed by atoms with Gasteiger partial charge in [-0.05, 0) is 0 Å². The van der Waals surface area contributed by atoms with E-state index in [0.29, 0.717) is 0 Å². The molecule has 0 saturated heterocycles. The number of carbonyl (C=O) groups is 9. The molecule has 3 N–H and O–H groups in total. The van der Waals surface area contributed by atoms with Crippen molar-refractivity contribution in [2.75, 3.05) is 0 Å². The van der Waals surface area contributed by atoms with Gasteiger partial charge in [-0.25, -0.2) is 0 Å². The normalized spacial score (nSPS) is 10.1. The zero-order chi connectivity index (χ0) is 31.9. The summed E-state index contributed by atoms with van der Waals surface area (Å²) in [6.07, 6.45) is -8.15. The summed E-state index contributed by atoms with van der Waals surface area (Å²) in [4.78, 5) is 90.0. The van der Waals surface area contributed by atoms with Gasteiger partial charge in [-0.2, -0.15) is 0 Å². The number of aliphatic carboxylic acids is 9. The zero-order valence-corrected chi connectivity index (χ0v) is 31.5. The second-order valence-corrected chi connectivity index (χ2v) is 7.25. The molecule has 21 nitrogen and oxygen atoms in total. The molecule has 0 aromatic carbocycles. The summed E-state index contributed by atoms with van der Waals surface area (Å²) in [7, 11) is 0. The van der Waals surface area contributed by atoms with Crippen molar-refractivity contribution in [3.8, 4) is 0 Å². The molecule has 24 heteroatoms. The molecule has 0 aliphatic heterocycles. The zero-order valence-electron chi connectivity index (χ0n) is 20.7. The van der Waals surface area contributed by atoms with Crippen molar-refractivity contribution in [3.05, 3.63) is 0 Å². The van der Waals surface area contributed by atoms with E-state index in [1.165, 1.54) is 0 Å². The Bertz CT molecular complexity index is 821. The SMILES string of the molecule is O=C([O-])CC(O)(CC(=O)[O-])C(=O)[O-].O=C([O-])CC(O)(CC(=O)[O-])C(=O)[O-].O=C([O-])CC(O)(CC(=O)[O-])C(=O)[O-].[La+3].[La+3].[La+3]. The largest absolute Gasteiger partial charge is 3.00 e. The molecule has 0 atom stereocenters. The minimum absolute atomic E-state index is 0. The van der Waals surface area contributed by atoms with Gasteiger partial charge in [0.25, 0.3) is 0 Å². The monoisotopic (exact) mass is 984 g/mol. The van der Waals surface area contributed by atoms with Gasteiger partial charge in [0.15, 0.2) is 0 Å². The molecular formula is C18H15La3O21. The number of rotatable bonds is 15. The third-order valence-corrected chi connectivity index (χ3v) is 3.76. The molecule has 42 heavy (non-hydrogen) atoms. The average molecular weight is 984 g/mol. The van der Waals surface area contributed by atoms with E-state index in [2.05, 4.69) is 0 Å². The molecule has 0 aromatic rings. The molecule has 0 spiro atoms. The van der Waals surface area contributed by atoms with Crippen LogP contribution in [0.2, 0.25) is 0 Å². The Balaban J connectivity index is -0.000000112. The Labute approximate surface area is 316 Å². The molecule has 0 rings (SSSR count). The Hall–Kier alpha value is -1.31. The van der Waals surface area contributed by atoms with Crippen LogP contribution in [-0.2, 0) is 43.2 Å². The second kappa shape index (κ2) is 24.1. The van der Waals surface area contributed by atoms with Gasteiger partial charge in [-0.1, -0.05) is 0 Å². The molecule has 0 amide bonds. The van der Waals surface area contributed by atoms with E-state index in [9.17, 15) is 89.1 Å². The molecule has 0 fully saturated rings. The number of carbonyl (C=O) groups excluding carboxylic acids is 9. The van der Waals surface area contributed by atoms with E-state index in [0.717, 1.165) is 0 Å². The Kier molecular flexibility index (Phi) is 30.5. The van der Waals surface area contributed by atoms with Crippen molar-refractivity contribution in [2.24, 2.45) is 0 Å². The first-order chi connectivity index (χ1) is 17.3. The van der Waals surface area contributed by atoms with Crippen LogP contribution in [0.5, 0.6) is 0 Å². The molecule has 0 saturated carbocycles. The van der Waals surface area contributed by atoms with E-state index < -0.39 is 109 Å². The number of carboxylic acids is 9. The molecule has 0 bridgehead atoms. The van der Waals surface area contributed by atoms with Crippen molar-refractivity contribution in [3.63, 3.8) is 0 Å². The predicted octanol–water partition coefficient (Wildman–Crippen LogP) is -15.8. The van der Waals surface area contributed by atoms with Crippen LogP contribution in [0.4, 0.5) is 0 Å². The van der Waals surface area contributed by atoms with Crippen LogP contribution in [0.15, 0.2) is 0 Å². The maximum absolute atomic E-state index is 10.1. The molecule has 0 radical (unpaired) electrons. The van der Waals surface area contributed by atoms with Crippen LogP contribution in [0.25, 0.3) is 0 Å². The van der Waals surface area contributed by atoms with Crippen molar-refractivity contribution in [1.82, 2.24) is 0 Å². The minimum atomic E-state index is -2.97. The van der Waals surface area contributed by atoms with Gasteiger partial charge >= 0.3 is 107 Å². The molecule has 222 valence electrons. The van der Waals surface area contributed by atoms with E-state index in [4.69, 9.17) is 15.3 Å². The van der Waals surface area contributed by atoms with Crippen LogP contribution >= 0.6 is 0 Å². The number of aliphatic hydroxyl groups is 3. The Morgan fingerprint density at radius 3 is 0.476 bits per heavy atom. The van der Waals surface area contributed by atoms with Gasteiger partial charge in [-0.15, -0.1) is 0 Å². The van der Waals surface area contributed by atoms with E-state index in [1.807, 2.05) is 0 Å². The fourth-order valence-electron chi connectivity index (χ4n) is 2.05. The number of hydrogen-bond donors (Lipinski definition) is 3. The number of hydrogen-bond acceptors (Lipinski definition) is 21. The van der Waals surface area contributed by atoms with Crippen molar-refractivity contribution in [1.29, 1.82) is 0 Å². The van der Waals surface area contributed by atoms with E-state index in [-0.39, 0.29) is 107 Å². The van der Waals surface area contributed by atoms with Crippen LogP contribution in [0, 0.1) is 107 Å². The summed E-state index contributed by atoms with van der Waals surface area (Å²) in [5, 5.41) is 117. The summed E-state index contributed by atoms with van der Waals surface area (Å²) in [5.74, 6) is -18.0. The van der Waals surface area contributed by atoms with Gasteiger partial charge in [-0.3, -0.25) is 0 Å². The maximum Gasteiger partial charge on any atom is 3.00 e. The fourth-order valence-corrected chi connectivity index (χ4v) is 2.05. The van der Waals surface area contributed by atoms with E-state index in [1.54, 1.807) is 0 Å². The van der Waals surface area contributed by atoms with Gasteiger partial charge in [0.2, 0.25) is 0 Å². The minimum Gasteiger partial charge on any atom is -0.550 e.